The van der Waals surface area contributed by atoms with Crippen LogP contribution in [0.3, 0.4) is 0 Å². The van der Waals surface area contributed by atoms with Gasteiger partial charge >= 0.3 is 0 Å². The van der Waals surface area contributed by atoms with Crippen LogP contribution in [0.2, 0.25) is 0 Å². The summed E-state index contributed by atoms with van der Waals surface area (Å²) in [6, 6.07) is 23.9. The van der Waals surface area contributed by atoms with Gasteiger partial charge in [-0.2, -0.15) is 5.10 Å². The van der Waals surface area contributed by atoms with Gasteiger partial charge in [0.2, 0.25) is 0 Å². The average molecular weight is 444 g/mol. The number of hydrogen-bond donors (Lipinski definition) is 1. The highest BCUT2D eigenvalue weighted by molar-refractivity contribution is 5.91. The molecule has 33 heavy (non-hydrogen) atoms. The summed E-state index contributed by atoms with van der Waals surface area (Å²) < 4.78 is 13.3. The molecule has 4 aromatic rings. The number of rotatable bonds is 8. The normalized spacial score (nSPS) is 11.4. The van der Waals surface area contributed by atoms with Crippen LogP contribution in [0.15, 0.2) is 77.2 Å². The van der Waals surface area contributed by atoms with E-state index in [0.29, 0.717) is 12.3 Å². The highest BCUT2D eigenvalue weighted by Crippen LogP contribution is 2.32. The van der Waals surface area contributed by atoms with Crippen LogP contribution >= 0.6 is 0 Å². The first-order chi connectivity index (χ1) is 15.8. The largest absolute Gasteiger partial charge is 0.486 e. The molecule has 6 nitrogen and oxygen atoms in total. The highest BCUT2D eigenvalue weighted by Gasteiger charge is 2.22. The van der Waals surface area contributed by atoms with Crippen LogP contribution in [-0.4, -0.2) is 15.7 Å². The maximum atomic E-state index is 12.4. The lowest BCUT2D eigenvalue weighted by Crippen LogP contribution is -2.23. The third-order valence-electron chi connectivity index (χ3n) is 5.87. The molecule has 0 saturated carbocycles. The Kier molecular flexibility index (Phi) is 6.36. The number of nitrogens with one attached hydrogen (secondary N) is 1. The second-order valence-corrected chi connectivity index (χ2v) is 8.65. The van der Waals surface area contributed by atoms with Crippen LogP contribution in [0.5, 0.6) is 5.75 Å². The lowest BCUT2D eigenvalue weighted by atomic mass is 9.78. The Morgan fingerprint density at radius 1 is 1.03 bits per heavy atom. The molecule has 4 rings (SSSR count). The van der Waals surface area contributed by atoms with Crippen molar-refractivity contribution in [2.24, 2.45) is 7.05 Å². The molecule has 0 saturated heterocycles. The van der Waals surface area contributed by atoms with Crippen molar-refractivity contribution >= 4 is 5.91 Å². The van der Waals surface area contributed by atoms with Crippen LogP contribution in [0.25, 0.3) is 0 Å². The zero-order valence-corrected chi connectivity index (χ0v) is 19.5. The molecule has 0 aliphatic carbocycles. The van der Waals surface area contributed by atoms with Gasteiger partial charge in [0.15, 0.2) is 5.76 Å². The van der Waals surface area contributed by atoms with Gasteiger partial charge < -0.3 is 14.5 Å². The van der Waals surface area contributed by atoms with Gasteiger partial charge in [-0.25, -0.2) is 0 Å². The number of hydrogen-bond acceptors (Lipinski definition) is 4. The van der Waals surface area contributed by atoms with Crippen LogP contribution < -0.4 is 10.1 Å². The lowest BCUT2D eigenvalue weighted by Gasteiger charge is -2.26. The molecule has 0 spiro atoms. The van der Waals surface area contributed by atoms with Crippen molar-refractivity contribution in [2.45, 2.75) is 39.3 Å². The number of carbonyl (C=O) groups excluding carboxylic acids is 1. The van der Waals surface area contributed by atoms with Crippen molar-refractivity contribution < 1.29 is 13.9 Å². The molecule has 6 heteroatoms. The summed E-state index contributed by atoms with van der Waals surface area (Å²) in [6.45, 7) is 6.97. The van der Waals surface area contributed by atoms with Crippen molar-refractivity contribution in [2.75, 3.05) is 0 Å². The molecule has 0 aliphatic heterocycles. The van der Waals surface area contributed by atoms with Crippen molar-refractivity contribution in [1.29, 1.82) is 0 Å². The zero-order chi connectivity index (χ0) is 23.4. The Morgan fingerprint density at radius 3 is 2.39 bits per heavy atom. The smallest absolute Gasteiger partial charge is 0.287 e. The summed E-state index contributed by atoms with van der Waals surface area (Å²) in [5.41, 5.74) is 4.21. The van der Waals surface area contributed by atoms with Gasteiger partial charge in [-0.1, -0.05) is 56.3 Å². The van der Waals surface area contributed by atoms with E-state index in [1.165, 1.54) is 11.1 Å². The van der Waals surface area contributed by atoms with Crippen LogP contribution in [-0.2, 0) is 25.6 Å². The van der Waals surface area contributed by atoms with Gasteiger partial charge in [0.1, 0.15) is 18.1 Å². The first kappa shape index (κ1) is 22.4. The summed E-state index contributed by atoms with van der Waals surface area (Å²) in [5, 5.41) is 7.13. The minimum atomic E-state index is -0.271. The third kappa shape index (κ3) is 5.17. The molecule has 0 unspecified atom stereocenters. The number of amides is 1. The number of carbonyl (C=O) groups is 1. The first-order valence-corrected chi connectivity index (χ1v) is 11.0. The molecule has 2 aromatic carbocycles. The summed E-state index contributed by atoms with van der Waals surface area (Å²) in [5.74, 6) is 1.32. The van der Waals surface area contributed by atoms with Gasteiger partial charge in [-0.05, 0) is 48.4 Å². The Labute approximate surface area is 194 Å². The summed E-state index contributed by atoms with van der Waals surface area (Å²) in [6.07, 6.45) is 0. The van der Waals surface area contributed by atoms with E-state index in [4.69, 9.17) is 9.15 Å². The van der Waals surface area contributed by atoms with E-state index in [-0.39, 0.29) is 23.7 Å². The van der Waals surface area contributed by atoms with Gasteiger partial charge in [-0.3, -0.25) is 9.48 Å². The Hall–Kier alpha value is -3.80. The van der Waals surface area contributed by atoms with Crippen LogP contribution in [0.1, 0.15) is 52.7 Å². The summed E-state index contributed by atoms with van der Waals surface area (Å²) in [4.78, 5) is 12.4. The maximum absolute atomic E-state index is 12.4. The van der Waals surface area contributed by atoms with E-state index in [1.807, 2.05) is 38.2 Å². The van der Waals surface area contributed by atoms with Crippen LogP contribution in [0.4, 0.5) is 0 Å². The second kappa shape index (κ2) is 9.36. The first-order valence-electron chi connectivity index (χ1n) is 11.0. The fourth-order valence-corrected chi connectivity index (χ4v) is 3.81. The fraction of sp³-hybridized carbons (Fsp3) is 0.259. The molecule has 0 aliphatic rings. The number of nitrogens with zero attached hydrogens (tertiary/aromatic N) is 2. The molecule has 1 amide bonds. The quantitative estimate of drug-likeness (QED) is 0.409. The van der Waals surface area contributed by atoms with Gasteiger partial charge in [0.05, 0.1) is 17.9 Å². The molecule has 2 heterocycles. The molecule has 170 valence electrons. The minimum Gasteiger partial charge on any atom is -0.486 e. The SMILES string of the molecule is Cc1cc(CNC(=O)c2ccc(COc3ccc(C(C)(C)c4ccccc4)cc3)o2)n(C)n1. The zero-order valence-electron chi connectivity index (χ0n) is 19.5. The van der Waals surface area contributed by atoms with E-state index in [0.717, 1.165) is 17.1 Å². The molecule has 2 aromatic heterocycles. The molecule has 1 N–H and O–H groups in total. The average Bonchev–Trinajstić information content (AvgIpc) is 3.42. The predicted octanol–water partition coefficient (Wildman–Crippen LogP) is 5.16. The lowest BCUT2D eigenvalue weighted by molar-refractivity contribution is 0.0918. The topological polar surface area (TPSA) is 69.3 Å². The van der Waals surface area contributed by atoms with E-state index >= 15 is 0 Å². The number of aryl methyl sites for hydroxylation is 2. The van der Waals surface area contributed by atoms with Crippen molar-refractivity contribution in [3.63, 3.8) is 0 Å². The summed E-state index contributed by atoms with van der Waals surface area (Å²) in [7, 11) is 1.85. The Balaban J connectivity index is 1.32. The van der Waals surface area contributed by atoms with E-state index < -0.39 is 0 Å². The maximum Gasteiger partial charge on any atom is 0.287 e. The Morgan fingerprint density at radius 2 is 1.73 bits per heavy atom. The van der Waals surface area contributed by atoms with Gasteiger partial charge in [0, 0.05) is 12.5 Å². The van der Waals surface area contributed by atoms with Crippen molar-refractivity contribution in [1.82, 2.24) is 15.1 Å². The molecular weight excluding hydrogens is 414 g/mol. The third-order valence-corrected chi connectivity index (χ3v) is 5.87. The second-order valence-electron chi connectivity index (χ2n) is 8.65. The predicted molar refractivity (Wildman–Crippen MR) is 127 cm³/mol. The molecule has 0 bridgehead atoms. The molecule has 0 fully saturated rings. The number of benzene rings is 2. The van der Waals surface area contributed by atoms with Gasteiger partial charge in [0.25, 0.3) is 5.91 Å². The highest BCUT2D eigenvalue weighted by atomic mass is 16.5. The van der Waals surface area contributed by atoms with Crippen LogP contribution in [0, 0.1) is 6.92 Å². The molecule has 0 radical (unpaired) electrons. The number of ether oxygens (including phenoxy) is 1. The van der Waals surface area contributed by atoms with Crippen molar-refractivity contribution in [3.8, 4) is 5.75 Å². The molecular formula is C27H29N3O3. The van der Waals surface area contributed by atoms with E-state index in [2.05, 4.69) is 60.7 Å². The monoisotopic (exact) mass is 443 g/mol. The number of aromatic nitrogens is 2. The molecule has 0 atom stereocenters. The number of furan rings is 1. The van der Waals surface area contributed by atoms with E-state index in [9.17, 15) is 4.79 Å². The van der Waals surface area contributed by atoms with E-state index in [1.54, 1.807) is 16.8 Å². The minimum absolute atomic E-state index is 0.1000. The standard InChI is InChI=1S/C27H29N3O3/c1-19-16-22(30(4)29-19)17-28-26(31)25-15-14-24(33-25)18-32-23-12-10-21(11-13-23)27(2,3)20-8-6-5-7-9-20/h5-16H,17-18H2,1-4H3,(H,28,31). The van der Waals surface area contributed by atoms with Gasteiger partial charge in [-0.15, -0.1) is 0 Å². The Bertz CT molecular complexity index is 1220. The summed E-state index contributed by atoms with van der Waals surface area (Å²) >= 11 is 0. The fourth-order valence-electron chi connectivity index (χ4n) is 3.81. The van der Waals surface area contributed by atoms with Crippen molar-refractivity contribution in [3.05, 3.63) is 107 Å².